The summed E-state index contributed by atoms with van der Waals surface area (Å²) in [5.41, 5.74) is 0. The van der Waals surface area contributed by atoms with Crippen LogP contribution in [0.3, 0.4) is 0 Å². The van der Waals surface area contributed by atoms with Gasteiger partial charge in [-0.1, -0.05) is 34.1 Å². The highest BCUT2D eigenvalue weighted by atomic mass is 16.1. The van der Waals surface area contributed by atoms with Crippen LogP contribution in [0.25, 0.3) is 0 Å². The van der Waals surface area contributed by atoms with Crippen molar-refractivity contribution in [2.45, 2.75) is 40.5 Å². The van der Waals surface area contributed by atoms with Crippen LogP contribution in [-0.4, -0.2) is 38.0 Å². The van der Waals surface area contributed by atoms with Gasteiger partial charge in [-0.3, -0.25) is 4.79 Å². The lowest BCUT2D eigenvalue weighted by Crippen LogP contribution is -2.38. The van der Waals surface area contributed by atoms with Crippen molar-refractivity contribution in [3.8, 4) is 0 Å². The van der Waals surface area contributed by atoms with Crippen LogP contribution >= 0.6 is 0 Å². The average molecular weight is 242 g/mol. The molecular weight excluding hydrogens is 212 g/mol. The molecule has 0 aromatic heterocycles. The van der Waals surface area contributed by atoms with Gasteiger partial charge in [-0.05, 0) is 38.9 Å². The van der Waals surface area contributed by atoms with E-state index in [0.717, 1.165) is 25.9 Å². The summed E-state index contributed by atoms with van der Waals surface area (Å²) in [7, 11) is 4.11. The molecule has 0 saturated carbocycles. The van der Waals surface area contributed by atoms with Crippen molar-refractivity contribution in [3.63, 3.8) is 0 Å². The molecule has 2 unspecified atom stereocenters. The standard InChI is InChI=1S/C14H30N2O/c1-7-12(4)13(11(2)3)14(17)15-9-8-10-16(5)6/h11-13H,7-10H2,1-6H3,(H,15,17). The Morgan fingerprint density at radius 2 is 1.82 bits per heavy atom. The van der Waals surface area contributed by atoms with Gasteiger partial charge in [-0.25, -0.2) is 0 Å². The lowest BCUT2D eigenvalue weighted by atomic mass is 9.82. The van der Waals surface area contributed by atoms with Gasteiger partial charge in [0.1, 0.15) is 0 Å². The summed E-state index contributed by atoms with van der Waals surface area (Å²) in [5.74, 6) is 1.26. The number of carbonyl (C=O) groups is 1. The lowest BCUT2D eigenvalue weighted by Gasteiger charge is -2.25. The van der Waals surface area contributed by atoms with Crippen LogP contribution in [0.5, 0.6) is 0 Å². The first-order valence-corrected chi connectivity index (χ1v) is 6.82. The van der Waals surface area contributed by atoms with Crippen molar-refractivity contribution in [3.05, 3.63) is 0 Å². The molecule has 102 valence electrons. The van der Waals surface area contributed by atoms with E-state index in [2.05, 4.69) is 52.0 Å². The Kier molecular flexibility index (Phi) is 8.23. The second-order valence-electron chi connectivity index (χ2n) is 5.60. The van der Waals surface area contributed by atoms with Gasteiger partial charge in [0.15, 0.2) is 0 Å². The molecule has 0 aliphatic rings. The minimum absolute atomic E-state index is 0.152. The van der Waals surface area contributed by atoms with Crippen molar-refractivity contribution in [1.82, 2.24) is 10.2 Å². The zero-order valence-electron chi connectivity index (χ0n) is 12.4. The first kappa shape index (κ1) is 16.4. The molecule has 3 nitrogen and oxygen atoms in total. The van der Waals surface area contributed by atoms with Crippen molar-refractivity contribution in [2.24, 2.45) is 17.8 Å². The second-order valence-corrected chi connectivity index (χ2v) is 5.60. The molecular formula is C14H30N2O. The highest BCUT2D eigenvalue weighted by Gasteiger charge is 2.26. The van der Waals surface area contributed by atoms with Gasteiger partial charge in [0, 0.05) is 12.5 Å². The molecule has 0 bridgehead atoms. The van der Waals surface area contributed by atoms with Gasteiger partial charge >= 0.3 is 0 Å². The van der Waals surface area contributed by atoms with E-state index in [4.69, 9.17) is 0 Å². The second kappa shape index (κ2) is 8.51. The minimum atomic E-state index is 0.152. The van der Waals surface area contributed by atoms with Gasteiger partial charge in [-0.2, -0.15) is 0 Å². The van der Waals surface area contributed by atoms with E-state index in [1.54, 1.807) is 0 Å². The Morgan fingerprint density at radius 3 is 2.24 bits per heavy atom. The summed E-state index contributed by atoms with van der Waals surface area (Å²) in [6.45, 7) is 10.4. The summed E-state index contributed by atoms with van der Waals surface area (Å²) >= 11 is 0. The van der Waals surface area contributed by atoms with Crippen LogP contribution in [0.2, 0.25) is 0 Å². The van der Waals surface area contributed by atoms with Gasteiger partial charge in [0.25, 0.3) is 0 Å². The molecule has 1 amide bonds. The largest absolute Gasteiger partial charge is 0.356 e. The zero-order chi connectivity index (χ0) is 13.4. The monoisotopic (exact) mass is 242 g/mol. The van der Waals surface area contributed by atoms with Gasteiger partial charge in [0.05, 0.1) is 0 Å². The molecule has 0 heterocycles. The van der Waals surface area contributed by atoms with Crippen LogP contribution in [0.4, 0.5) is 0 Å². The summed E-state index contributed by atoms with van der Waals surface area (Å²) < 4.78 is 0. The van der Waals surface area contributed by atoms with Crippen molar-refractivity contribution in [2.75, 3.05) is 27.2 Å². The highest BCUT2D eigenvalue weighted by Crippen LogP contribution is 2.23. The van der Waals surface area contributed by atoms with E-state index in [9.17, 15) is 4.79 Å². The van der Waals surface area contributed by atoms with Crippen molar-refractivity contribution in [1.29, 1.82) is 0 Å². The van der Waals surface area contributed by atoms with Crippen LogP contribution in [0, 0.1) is 17.8 Å². The maximum Gasteiger partial charge on any atom is 0.223 e. The van der Waals surface area contributed by atoms with Crippen LogP contribution in [0.15, 0.2) is 0 Å². The molecule has 0 aliphatic heterocycles. The highest BCUT2D eigenvalue weighted by molar-refractivity contribution is 5.79. The van der Waals surface area contributed by atoms with Gasteiger partial charge in [0.2, 0.25) is 5.91 Å². The molecule has 0 fully saturated rings. The quantitative estimate of drug-likeness (QED) is 0.663. The van der Waals surface area contributed by atoms with E-state index >= 15 is 0 Å². The van der Waals surface area contributed by atoms with Crippen LogP contribution < -0.4 is 5.32 Å². The van der Waals surface area contributed by atoms with Crippen molar-refractivity contribution < 1.29 is 4.79 Å². The zero-order valence-corrected chi connectivity index (χ0v) is 12.4. The van der Waals surface area contributed by atoms with E-state index in [0.29, 0.717) is 11.8 Å². The fourth-order valence-corrected chi connectivity index (χ4v) is 2.20. The number of nitrogens with one attached hydrogen (secondary N) is 1. The number of carbonyl (C=O) groups excluding carboxylic acids is 1. The number of hydrogen-bond acceptors (Lipinski definition) is 2. The molecule has 0 radical (unpaired) electrons. The van der Waals surface area contributed by atoms with E-state index in [-0.39, 0.29) is 11.8 Å². The maximum atomic E-state index is 12.1. The SMILES string of the molecule is CCC(C)C(C(=O)NCCCN(C)C)C(C)C. The molecule has 0 rings (SSSR count). The molecule has 2 atom stereocenters. The molecule has 0 spiro atoms. The normalized spacial score (nSPS) is 15.1. The summed E-state index contributed by atoms with van der Waals surface area (Å²) in [5, 5.41) is 3.07. The maximum absolute atomic E-state index is 12.1. The van der Waals surface area contributed by atoms with Gasteiger partial charge in [-0.15, -0.1) is 0 Å². The summed E-state index contributed by atoms with van der Waals surface area (Å²) in [6, 6.07) is 0. The lowest BCUT2D eigenvalue weighted by molar-refractivity contribution is -0.128. The Hall–Kier alpha value is -0.570. The van der Waals surface area contributed by atoms with Crippen LogP contribution in [-0.2, 0) is 4.79 Å². The van der Waals surface area contributed by atoms with E-state index in [1.165, 1.54) is 0 Å². The van der Waals surface area contributed by atoms with Gasteiger partial charge < -0.3 is 10.2 Å². The molecule has 3 heteroatoms. The Labute approximate surface area is 107 Å². The number of hydrogen-bond donors (Lipinski definition) is 1. The summed E-state index contributed by atoms with van der Waals surface area (Å²) in [6.07, 6.45) is 2.08. The molecule has 0 aromatic rings. The number of nitrogens with zero attached hydrogens (tertiary/aromatic N) is 1. The average Bonchev–Trinajstić information content (AvgIpc) is 2.23. The van der Waals surface area contributed by atoms with E-state index < -0.39 is 0 Å². The Balaban J connectivity index is 4.07. The molecule has 0 aliphatic carbocycles. The molecule has 17 heavy (non-hydrogen) atoms. The third-order valence-electron chi connectivity index (χ3n) is 3.36. The van der Waals surface area contributed by atoms with E-state index in [1.807, 2.05) is 0 Å². The Bertz CT molecular complexity index is 214. The smallest absolute Gasteiger partial charge is 0.223 e. The fraction of sp³-hybridized carbons (Fsp3) is 0.929. The fourth-order valence-electron chi connectivity index (χ4n) is 2.20. The Morgan fingerprint density at radius 1 is 1.24 bits per heavy atom. The summed E-state index contributed by atoms with van der Waals surface area (Å²) in [4.78, 5) is 14.2. The third kappa shape index (κ3) is 6.67. The van der Waals surface area contributed by atoms with Crippen molar-refractivity contribution >= 4 is 5.91 Å². The topological polar surface area (TPSA) is 32.3 Å². The molecule has 0 aromatic carbocycles. The minimum Gasteiger partial charge on any atom is -0.356 e. The number of rotatable bonds is 8. The predicted octanol–water partition coefficient (Wildman–Crippen LogP) is 2.37. The first-order chi connectivity index (χ1) is 7.90. The molecule has 0 saturated heterocycles. The number of amides is 1. The van der Waals surface area contributed by atoms with Crippen LogP contribution in [0.1, 0.15) is 40.5 Å². The predicted molar refractivity (Wildman–Crippen MR) is 74.0 cm³/mol. The third-order valence-corrected chi connectivity index (χ3v) is 3.36. The molecule has 1 N–H and O–H groups in total. The first-order valence-electron chi connectivity index (χ1n) is 6.82.